The van der Waals surface area contributed by atoms with Gasteiger partial charge < -0.3 is 15.4 Å². The van der Waals surface area contributed by atoms with E-state index in [1.165, 1.54) is 0 Å². The molecule has 0 radical (unpaired) electrons. The van der Waals surface area contributed by atoms with Crippen molar-refractivity contribution in [1.82, 2.24) is 20.8 Å². The fourth-order valence-corrected chi connectivity index (χ4v) is 4.22. The number of aromatic amines is 1. The van der Waals surface area contributed by atoms with Crippen molar-refractivity contribution in [2.75, 3.05) is 13.2 Å². The lowest BCUT2D eigenvalue weighted by Gasteiger charge is -2.55. The average Bonchev–Trinajstić information content (AvgIpc) is 2.99. The molecule has 3 N–H and O–H groups in total. The van der Waals surface area contributed by atoms with Crippen molar-refractivity contribution in [3.8, 4) is 0 Å². The molecular formula is C17H28N4O2. The average molecular weight is 320 g/mol. The molecule has 1 aromatic rings. The van der Waals surface area contributed by atoms with Gasteiger partial charge in [-0.1, -0.05) is 13.8 Å². The van der Waals surface area contributed by atoms with Crippen LogP contribution in [0, 0.1) is 5.41 Å². The van der Waals surface area contributed by atoms with Crippen LogP contribution < -0.4 is 10.6 Å². The highest BCUT2D eigenvalue weighted by Gasteiger charge is 2.54. The molecule has 0 bridgehead atoms. The summed E-state index contributed by atoms with van der Waals surface area (Å²) in [6.07, 6.45) is 4.08. The fourth-order valence-electron chi connectivity index (χ4n) is 4.22. The summed E-state index contributed by atoms with van der Waals surface area (Å²) in [6, 6.07) is 0.172. The summed E-state index contributed by atoms with van der Waals surface area (Å²) in [7, 11) is 0. The highest BCUT2D eigenvalue weighted by Crippen LogP contribution is 2.49. The Balaban J connectivity index is 1.72. The SMILES string of the molecule is CCOC1CC(NC(=O)c2n[nH]c3c2CNCC3)C1(CC)CC. The zero-order chi connectivity index (χ0) is 16.4. The van der Waals surface area contributed by atoms with E-state index in [0.717, 1.165) is 50.1 Å². The molecule has 3 rings (SSSR count). The van der Waals surface area contributed by atoms with E-state index in [0.29, 0.717) is 12.2 Å². The minimum Gasteiger partial charge on any atom is -0.378 e. The van der Waals surface area contributed by atoms with Gasteiger partial charge in [0.05, 0.1) is 6.10 Å². The molecule has 1 aliphatic carbocycles. The number of aromatic nitrogens is 2. The summed E-state index contributed by atoms with van der Waals surface area (Å²) < 4.78 is 5.89. The Morgan fingerprint density at radius 3 is 2.87 bits per heavy atom. The second-order valence-corrected chi connectivity index (χ2v) is 6.60. The lowest BCUT2D eigenvalue weighted by Crippen LogP contribution is -2.64. The smallest absolute Gasteiger partial charge is 0.272 e. The third kappa shape index (κ3) is 2.68. The Labute approximate surface area is 137 Å². The van der Waals surface area contributed by atoms with Gasteiger partial charge in [0.2, 0.25) is 0 Å². The zero-order valence-electron chi connectivity index (χ0n) is 14.4. The maximum atomic E-state index is 12.7. The number of fused-ring (bicyclic) bond motifs is 1. The van der Waals surface area contributed by atoms with Crippen LogP contribution in [0.15, 0.2) is 0 Å². The summed E-state index contributed by atoms with van der Waals surface area (Å²) in [4.78, 5) is 12.7. The topological polar surface area (TPSA) is 79.0 Å². The Morgan fingerprint density at radius 1 is 1.39 bits per heavy atom. The number of nitrogens with one attached hydrogen (secondary N) is 3. The maximum Gasteiger partial charge on any atom is 0.272 e. The molecule has 2 unspecified atom stereocenters. The number of hydrogen-bond acceptors (Lipinski definition) is 4. The monoisotopic (exact) mass is 320 g/mol. The van der Waals surface area contributed by atoms with Gasteiger partial charge in [0, 0.05) is 48.8 Å². The number of carbonyl (C=O) groups excluding carboxylic acids is 1. The van der Waals surface area contributed by atoms with Crippen LogP contribution in [0.3, 0.4) is 0 Å². The van der Waals surface area contributed by atoms with Crippen molar-refractivity contribution in [2.45, 2.75) is 65.1 Å². The normalized spacial score (nSPS) is 25.5. The first-order valence-electron chi connectivity index (χ1n) is 8.85. The molecule has 0 aromatic carbocycles. The minimum atomic E-state index is -0.0579. The standard InChI is InChI=1S/C17H28N4O2/c1-4-17(5-2)13(9-14(17)23-6-3)19-16(22)15-11-10-18-8-7-12(11)20-21-15/h13-14,18H,4-10H2,1-3H3,(H,19,22)(H,20,21). The van der Waals surface area contributed by atoms with E-state index in [-0.39, 0.29) is 23.5 Å². The Kier molecular flexibility index (Phi) is 4.73. The first-order chi connectivity index (χ1) is 11.2. The van der Waals surface area contributed by atoms with Crippen LogP contribution in [0.5, 0.6) is 0 Å². The molecule has 1 fully saturated rings. The predicted molar refractivity (Wildman–Crippen MR) is 88.3 cm³/mol. The third-order valence-electron chi connectivity index (χ3n) is 5.80. The Hall–Kier alpha value is -1.40. The number of ether oxygens (including phenoxy) is 1. The number of H-pyrrole nitrogens is 1. The van der Waals surface area contributed by atoms with Crippen molar-refractivity contribution in [3.05, 3.63) is 17.0 Å². The molecule has 1 saturated carbocycles. The van der Waals surface area contributed by atoms with Gasteiger partial charge in [0.25, 0.3) is 5.91 Å². The summed E-state index contributed by atoms with van der Waals surface area (Å²) in [6.45, 7) is 8.79. The molecule has 0 saturated heterocycles. The van der Waals surface area contributed by atoms with Crippen LogP contribution in [0.4, 0.5) is 0 Å². The molecular weight excluding hydrogens is 292 g/mol. The summed E-state index contributed by atoms with van der Waals surface area (Å²) in [5.41, 5.74) is 2.72. The van der Waals surface area contributed by atoms with Gasteiger partial charge in [-0.3, -0.25) is 9.89 Å². The van der Waals surface area contributed by atoms with E-state index in [2.05, 4.69) is 34.7 Å². The first kappa shape index (κ1) is 16.5. The van der Waals surface area contributed by atoms with Gasteiger partial charge in [-0.2, -0.15) is 5.10 Å². The molecule has 1 aliphatic heterocycles. The highest BCUT2D eigenvalue weighted by molar-refractivity contribution is 5.94. The molecule has 2 atom stereocenters. The molecule has 128 valence electrons. The van der Waals surface area contributed by atoms with Crippen LogP contribution in [-0.4, -0.2) is 41.4 Å². The maximum absolute atomic E-state index is 12.7. The summed E-state index contributed by atoms with van der Waals surface area (Å²) in [5, 5.41) is 13.8. The van der Waals surface area contributed by atoms with E-state index in [4.69, 9.17) is 4.74 Å². The second-order valence-electron chi connectivity index (χ2n) is 6.60. The van der Waals surface area contributed by atoms with Gasteiger partial charge in [-0.25, -0.2) is 0 Å². The van der Waals surface area contributed by atoms with E-state index in [9.17, 15) is 4.79 Å². The quantitative estimate of drug-likeness (QED) is 0.746. The van der Waals surface area contributed by atoms with Gasteiger partial charge in [-0.05, 0) is 26.2 Å². The lowest BCUT2D eigenvalue weighted by molar-refractivity contribution is -0.134. The van der Waals surface area contributed by atoms with Crippen LogP contribution in [-0.2, 0) is 17.7 Å². The lowest BCUT2D eigenvalue weighted by atomic mass is 9.58. The number of hydrogen-bond donors (Lipinski definition) is 3. The molecule has 0 spiro atoms. The van der Waals surface area contributed by atoms with E-state index in [1.54, 1.807) is 0 Å². The molecule has 2 aliphatic rings. The Bertz CT molecular complexity index is 565. The zero-order valence-corrected chi connectivity index (χ0v) is 14.4. The minimum absolute atomic E-state index is 0.0558. The van der Waals surface area contributed by atoms with Crippen molar-refractivity contribution >= 4 is 5.91 Å². The first-order valence-corrected chi connectivity index (χ1v) is 8.85. The van der Waals surface area contributed by atoms with Gasteiger partial charge >= 0.3 is 0 Å². The van der Waals surface area contributed by atoms with Crippen molar-refractivity contribution in [2.24, 2.45) is 5.41 Å². The van der Waals surface area contributed by atoms with E-state index >= 15 is 0 Å². The second kappa shape index (κ2) is 6.61. The number of carbonyl (C=O) groups is 1. The summed E-state index contributed by atoms with van der Waals surface area (Å²) in [5.74, 6) is -0.0579. The van der Waals surface area contributed by atoms with Crippen LogP contribution >= 0.6 is 0 Å². The summed E-state index contributed by atoms with van der Waals surface area (Å²) >= 11 is 0. The number of rotatable bonds is 6. The van der Waals surface area contributed by atoms with E-state index in [1.807, 2.05) is 6.92 Å². The van der Waals surface area contributed by atoms with Gasteiger partial charge in [0.15, 0.2) is 5.69 Å². The molecule has 6 heteroatoms. The van der Waals surface area contributed by atoms with Crippen molar-refractivity contribution < 1.29 is 9.53 Å². The van der Waals surface area contributed by atoms with Gasteiger partial charge in [0.1, 0.15) is 0 Å². The number of amides is 1. The third-order valence-corrected chi connectivity index (χ3v) is 5.80. The Morgan fingerprint density at radius 2 is 2.17 bits per heavy atom. The molecule has 1 aromatic heterocycles. The molecule has 1 amide bonds. The van der Waals surface area contributed by atoms with Crippen LogP contribution in [0.2, 0.25) is 0 Å². The van der Waals surface area contributed by atoms with Gasteiger partial charge in [-0.15, -0.1) is 0 Å². The van der Waals surface area contributed by atoms with Crippen LogP contribution in [0.25, 0.3) is 0 Å². The largest absolute Gasteiger partial charge is 0.378 e. The van der Waals surface area contributed by atoms with Crippen molar-refractivity contribution in [3.63, 3.8) is 0 Å². The van der Waals surface area contributed by atoms with Crippen molar-refractivity contribution in [1.29, 1.82) is 0 Å². The van der Waals surface area contributed by atoms with E-state index < -0.39 is 0 Å². The molecule has 2 heterocycles. The fraction of sp³-hybridized carbons (Fsp3) is 0.765. The highest BCUT2D eigenvalue weighted by atomic mass is 16.5. The predicted octanol–water partition coefficient (Wildman–Crippen LogP) is 1.77. The van der Waals surface area contributed by atoms with Crippen LogP contribution in [0.1, 0.15) is 61.8 Å². The molecule has 23 heavy (non-hydrogen) atoms. The molecule has 6 nitrogen and oxygen atoms in total. The number of nitrogens with zero attached hydrogens (tertiary/aromatic N) is 1.